The SMILES string of the molecule is CCN(CC)c1nc(Cl)nc(NC(CO)COC)n1. The molecule has 1 rings (SSSR count). The number of halogens is 1. The molecule has 0 aliphatic rings. The number of methoxy groups -OCH3 is 1. The molecule has 0 radical (unpaired) electrons. The average Bonchev–Trinajstić information content (AvgIpc) is 2.39. The molecule has 0 saturated carbocycles. The molecule has 1 aromatic rings. The summed E-state index contributed by atoms with van der Waals surface area (Å²) in [7, 11) is 1.56. The molecule has 0 bridgehead atoms. The Kier molecular flexibility index (Phi) is 6.75. The fourth-order valence-electron chi connectivity index (χ4n) is 1.58. The van der Waals surface area contributed by atoms with Crippen LogP contribution in [0.4, 0.5) is 11.9 Å². The Labute approximate surface area is 118 Å². The first-order valence-electron chi connectivity index (χ1n) is 6.17. The van der Waals surface area contributed by atoms with Crippen LogP contribution in [0.2, 0.25) is 5.28 Å². The Hall–Kier alpha value is -1.18. The number of aliphatic hydroxyl groups excluding tert-OH is 1. The largest absolute Gasteiger partial charge is 0.394 e. The van der Waals surface area contributed by atoms with Crippen molar-refractivity contribution in [1.29, 1.82) is 0 Å². The molecule has 0 fully saturated rings. The minimum atomic E-state index is -0.284. The molecule has 0 amide bonds. The van der Waals surface area contributed by atoms with E-state index in [-0.39, 0.29) is 17.9 Å². The Morgan fingerprint density at radius 2 is 2.00 bits per heavy atom. The second kappa shape index (κ2) is 8.08. The van der Waals surface area contributed by atoms with Crippen molar-refractivity contribution in [2.24, 2.45) is 0 Å². The van der Waals surface area contributed by atoms with E-state index in [0.29, 0.717) is 18.5 Å². The molecule has 0 saturated heterocycles. The van der Waals surface area contributed by atoms with Gasteiger partial charge in [-0.2, -0.15) is 15.0 Å². The third-order valence-corrected chi connectivity index (χ3v) is 2.73. The van der Waals surface area contributed by atoms with E-state index in [1.54, 1.807) is 7.11 Å². The normalized spacial score (nSPS) is 12.3. The standard InChI is InChI=1S/C11H20ClN5O2/c1-4-17(5-2)11-15-9(12)14-10(16-11)13-8(6-18)7-19-3/h8,18H,4-7H2,1-3H3,(H,13,14,15,16). The van der Waals surface area contributed by atoms with Crippen molar-refractivity contribution in [3.63, 3.8) is 0 Å². The summed E-state index contributed by atoms with van der Waals surface area (Å²) in [6, 6.07) is -0.284. The van der Waals surface area contributed by atoms with Gasteiger partial charge < -0.3 is 20.1 Å². The molecule has 8 heteroatoms. The molecule has 0 aromatic carbocycles. The first-order valence-corrected chi connectivity index (χ1v) is 6.55. The molecule has 0 aliphatic carbocycles. The lowest BCUT2D eigenvalue weighted by Crippen LogP contribution is -2.31. The highest BCUT2D eigenvalue weighted by Gasteiger charge is 2.13. The van der Waals surface area contributed by atoms with E-state index in [9.17, 15) is 5.11 Å². The van der Waals surface area contributed by atoms with Crippen LogP contribution in [0, 0.1) is 0 Å². The van der Waals surface area contributed by atoms with Gasteiger partial charge in [-0.25, -0.2) is 0 Å². The molecule has 0 aliphatic heterocycles. The summed E-state index contributed by atoms with van der Waals surface area (Å²) in [5, 5.41) is 12.3. The fraction of sp³-hybridized carbons (Fsp3) is 0.727. The summed E-state index contributed by atoms with van der Waals surface area (Å²) in [4.78, 5) is 14.3. The lowest BCUT2D eigenvalue weighted by atomic mass is 10.3. The van der Waals surface area contributed by atoms with Gasteiger partial charge >= 0.3 is 0 Å². The number of aromatic nitrogens is 3. The Bertz CT molecular complexity index is 389. The fourth-order valence-corrected chi connectivity index (χ4v) is 1.73. The summed E-state index contributed by atoms with van der Waals surface area (Å²) in [5.74, 6) is 0.847. The van der Waals surface area contributed by atoms with Crippen LogP contribution in [0.1, 0.15) is 13.8 Å². The van der Waals surface area contributed by atoms with E-state index in [2.05, 4.69) is 20.3 Å². The molecule has 1 atom stereocenters. The summed E-state index contributed by atoms with van der Waals surface area (Å²) < 4.78 is 4.98. The van der Waals surface area contributed by atoms with Gasteiger partial charge in [-0.15, -0.1) is 0 Å². The number of aliphatic hydroxyl groups is 1. The molecular formula is C11H20ClN5O2. The van der Waals surface area contributed by atoms with Crippen LogP contribution < -0.4 is 10.2 Å². The number of anilines is 2. The Morgan fingerprint density at radius 1 is 1.32 bits per heavy atom. The van der Waals surface area contributed by atoms with Crippen molar-refractivity contribution in [3.05, 3.63) is 5.28 Å². The van der Waals surface area contributed by atoms with Gasteiger partial charge in [0.15, 0.2) is 0 Å². The summed E-state index contributed by atoms with van der Waals surface area (Å²) >= 11 is 5.89. The number of rotatable bonds is 8. The average molecular weight is 290 g/mol. The van der Waals surface area contributed by atoms with Crippen molar-refractivity contribution in [2.45, 2.75) is 19.9 Å². The molecule has 1 unspecified atom stereocenters. The second-order valence-corrected chi connectivity index (χ2v) is 4.22. The Balaban J connectivity index is 2.89. The topological polar surface area (TPSA) is 83.4 Å². The molecule has 2 N–H and O–H groups in total. The lowest BCUT2D eigenvalue weighted by molar-refractivity contribution is 0.153. The molecule has 7 nitrogen and oxygen atoms in total. The van der Waals surface area contributed by atoms with Crippen LogP contribution in [0.3, 0.4) is 0 Å². The number of nitrogens with zero attached hydrogens (tertiary/aromatic N) is 4. The van der Waals surface area contributed by atoms with E-state index in [4.69, 9.17) is 16.3 Å². The monoisotopic (exact) mass is 289 g/mol. The number of hydrogen-bond donors (Lipinski definition) is 2. The summed E-state index contributed by atoms with van der Waals surface area (Å²) in [6.07, 6.45) is 0. The van der Waals surface area contributed by atoms with Gasteiger partial charge in [0.05, 0.1) is 19.3 Å². The van der Waals surface area contributed by atoms with Crippen molar-refractivity contribution >= 4 is 23.5 Å². The summed E-state index contributed by atoms with van der Waals surface area (Å²) in [5.41, 5.74) is 0. The Morgan fingerprint density at radius 3 is 2.53 bits per heavy atom. The quantitative estimate of drug-likeness (QED) is 0.732. The van der Waals surface area contributed by atoms with Crippen LogP contribution in [0.25, 0.3) is 0 Å². The zero-order chi connectivity index (χ0) is 14.3. The van der Waals surface area contributed by atoms with Crippen LogP contribution in [0.15, 0.2) is 0 Å². The first kappa shape index (κ1) is 15.9. The molecule has 108 valence electrons. The van der Waals surface area contributed by atoms with Crippen LogP contribution in [-0.2, 0) is 4.74 Å². The third kappa shape index (κ3) is 4.77. The maximum absolute atomic E-state index is 9.20. The van der Waals surface area contributed by atoms with Gasteiger partial charge in [0.2, 0.25) is 17.2 Å². The zero-order valence-corrected chi connectivity index (χ0v) is 12.2. The van der Waals surface area contributed by atoms with Gasteiger partial charge in [0.1, 0.15) is 0 Å². The second-order valence-electron chi connectivity index (χ2n) is 3.88. The van der Waals surface area contributed by atoms with Gasteiger partial charge in [0, 0.05) is 20.2 Å². The first-order chi connectivity index (χ1) is 9.14. The zero-order valence-electron chi connectivity index (χ0n) is 11.4. The highest BCUT2D eigenvalue weighted by molar-refractivity contribution is 6.28. The third-order valence-electron chi connectivity index (χ3n) is 2.56. The van der Waals surface area contributed by atoms with Gasteiger partial charge in [-0.3, -0.25) is 0 Å². The minimum absolute atomic E-state index is 0.0856. The van der Waals surface area contributed by atoms with Crippen molar-refractivity contribution in [3.8, 4) is 0 Å². The minimum Gasteiger partial charge on any atom is -0.394 e. The van der Waals surface area contributed by atoms with Gasteiger partial charge in [-0.05, 0) is 25.4 Å². The van der Waals surface area contributed by atoms with E-state index >= 15 is 0 Å². The number of nitrogens with one attached hydrogen (secondary N) is 1. The van der Waals surface area contributed by atoms with E-state index in [1.807, 2.05) is 18.7 Å². The van der Waals surface area contributed by atoms with Crippen molar-refractivity contribution in [2.75, 3.05) is 43.6 Å². The van der Waals surface area contributed by atoms with E-state index in [0.717, 1.165) is 13.1 Å². The van der Waals surface area contributed by atoms with Crippen LogP contribution >= 0.6 is 11.6 Å². The van der Waals surface area contributed by atoms with Gasteiger partial charge in [0.25, 0.3) is 0 Å². The van der Waals surface area contributed by atoms with E-state index in [1.165, 1.54) is 0 Å². The van der Waals surface area contributed by atoms with Gasteiger partial charge in [-0.1, -0.05) is 0 Å². The molecule has 1 aromatic heterocycles. The predicted molar refractivity (Wildman–Crippen MR) is 74.8 cm³/mol. The predicted octanol–water partition coefficient (Wildman–Crippen LogP) is 0.790. The van der Waals surface area contributed by atoms with Crippen LogP contribution in [0.5, 0.6) is 0 Å². The van der Waals surface area contributed by atoms with Crippen LogP contribution in [-0.4, -0.2) is 59.5 Å². The lowest BCUT2D eigenvalue weighted by Gasteiger charge is -2.20. The van der Waals surface area contributed by atoms with Crippen molar-refractivity contribution in [1.82, 2.24) is 15.0 Å². The van der Waals surface area contributed by atoms with Crippen molar-refractivity contribution < 1.29 is 9.84 Å². The van der Waals surface area contributed by atoms with E-state index < -0.39 is 0 Å². The number of hydrogen-bond acceptors (Lipinski definition) is 7. The highest BCUT2D eigenvalue weighted by atomic mass is 35.5. The highest BCUT2D eigenvalue weighted by Crippen LogP contribution is 2.14. The molecule has 19 heavy (non-hydrogen) atoms. The smallest absolute Gasteiger partial charge is 0.231 e. The maximum Gasteiger partial charge on any atom is 0.231 e. The molecule has 0 spiro atoms. The summed E-state index contributed by atoms with van der Waals surface area (Å²) in [6.45, 7) is 5.83. The number of ether oxygens (including phenoxy) is 1. The molecular weight excluding hydrogens is 270 g/mol. The maximum atomic E-state index is 9.20. The molecule has 1 heterocycles.